The molecule has 1 heterocycles. The van der Waals surface area contributed by atoms with Crippen molar-refractivity contribution in [2.24, 2.45) is 0 Å². The number of thiophene rings is 1. The quantitative estimate of drug-likeness (QED) is 0.915. The van der Waals surface area contributed by atoms with Crippen molar-refractivity contribution in [1.82, 2.24) is 0 Å². The zero-order valence-electron chi connectivity index (χ0n) is 10.5. The van der Waals surface area contributed by atoms with Crippen LogP contribution >= 0.6 is 27.3 Å². The van der Waals surface area contributed by atoms with Crippen LogP contribution in [0.2, 0.25) is 0 Å². The van der Waals surface area contributed by atoms with Crippen molar-refractivity contribution in [3.8, 4) is 5.75 Å². The van der Waals surface area contributed by atoms with E-state index in [1.807, 2.05) is 32.0 Å². The van der Waals surface area contributed by atoms with Gasteiger partial charge in [-0.2, -0.15) is 0 Å². The Morgan fingerprint density at radius 3 is 2.56 bits per heavy atom. The van der Waals surface area contributed by atoms with Crippen LogP contribution < -0.4 is 4.74 Å². The molecule has 0 spiro atoms. The molecule has 1 N–H and O–H groups in total. The van der Waals surface area contributed by atoms with Gasteiger partial charge in [0.1, 0.15) is 11.9 Å². The maximum Gasteiger partial charge on any atom is 0.126 e. The van der Waals surface area contributed by atoms with Crippen LogP contribution in [-0.4, -0.2) is 12.2 Å². The fourth-order valence-electron chi connectivity index (χ4n) is 1.98. The highest BCUT2D eigenvalue weighted by molar-refractivity contribution is 9.10. The highest BCUT2D eigenvalue weighted by atomic mass is 79.9. The lowest BCUT2D eigenvalue weighted by atomic mass is 10.0. The molecule has 0 amide bonds. The van der Waals surface area contributed by atoms with Gasteiger partial charge in [-0.15, -0.1) is 11.3 Å². The third-order valence-corrected chi connectivity index (χ3v) is 4.52. The van der Waals surface area contributed by atoms with Crippen molar-refractivity contribution in [2.75, 3.05) is 7.11 Å². The Kier molecular flexibility index (Phi) is 4.10. The summed E-state index contributed by atoms with van der Waals surface area (Å²) in [6.07, 6.45) is -0.633. The maximum absolute atomic E-state index is 10.5. The van der Waals surface area contributed by atoms with E-state index >= 15 is 0 Å². The lowest BCUT2D eigenvalue weighted by molar-refractivity contribution is 0.218. The van der Waals surface area contributed by atoms with Gasteiger partial charge in [-0.1, -0.05) is 22.0 Å². The second-order valence-corrected chi connectivity index (χ2v) is 6.40. The van der Waals surface area contributed by atoms with Gasteiger partial charge < -0.3 is 9.84 Å². The molecule has 0 aliphatic carbocycles. The zero-order valence-corrected chi connectivity index (χ0v) is 12.9. The number of hydrogen-bond donors (Lipinski definition) is 1. The Morgan fingerprint density at radius 2 is 2.00 bits per heavy atom. The normalized spacial score (nSPS) is 12.5. The monoisotopic (exact) mass is 326 g/mol. The van der Waals surface area contributed by atoms with Gasteiger partial charge in [-0.3, -0.25) is 0 Å². The van der Waals surface area contributed by atoms with Gasteiger partial charge in [0.05, 0.1) is 7.11 Å². The smallest absolute Gasteiger partial charge is 0.126 e. The SMILES string of the molecule is COc1cc(Br)ccc1C(O)c1sc(C)cc1C. The van der Waals surface area contributed by atoms with Gasteiger partial charge in [0.15, 0.2) is 0 Å². The minimum atomic E-state index is -0.633. The van der Waals surface area contributed by atoms with Gasteiger partial charge in [0.2, 0.25) is 0 Å². The van der Waals surface area contributed by atoms with Crippen LogP contribution in [0.15, 0.2) is 28.7 Å². The molecule has 2 rings (SSSR count). The number of halogens is 1. The van der Waals surface area contributed by atoms with Gasteiger partial charge in [0, 0.05) is 19.8 Å². The summed E-state index contributed by atoms with van der Waals surface area (Å²) in [5, 5.41) is 10.5. The molecule has 0 aliphatic heterocycles. The molecule has 96 valence electrons. The van der Waals surface area contributed by atoms with Gasteiger partial charge in [-0.25, -0.2) is 0 Å². The average Bonchev–Trinajstić information content (AvgIpc) is 2.67. The van der Waals surface area contributed by atoms with Crippen molar-refractivity contribution in [1.29, 1.82) is 0 Å². The van der Waals surface area contributed by atoms with E-state index < -0.39 is 6.10 Å². The summed E-state index contributed by atoms with van der Waals surface area (Å²) >= 11 is 5.03. The molecule has 0 bridgehead atoms. The van der Waals surface area contributed by atoms with E-state index in [0.717, 1.165) is 20.5 Å². The van der Waals surface area contributed by atoms with Gasteiger partial charge >= 0.3 is 0 Å². The predicted molar refractivity (Wildman–Crippen MR) is 78.5 cm³/mol. The maximum atomic E-state index is 10.5. The number of ether oxygens (including phenoxy) is 1. The first-order valence-electron chi connectivity index (χ1n) is 5.61. The molecule has 0 radical (unpaired) electrons. The van der Waals surface area contributed by atoms with Crippen LogP contribution in [0.3, 0.4) is 0 Å². The first kappa shape index (κ1) is 13.6. The number of aliphatic hydroxyl groups excluding tert-OH is 1. The van der Waals surface area contributed by atoms with Crippen molar-refractivity contribution < 1.29 is 9.84 Å². The number of methoxy groups -OCH3 is 1. The predicted octanol–water partition coefficient (Wildman–Crippen LogP) is 4.22. The second-order valence-electron chi connectivity index (χ2n) is 4.19. The average molecular weight is 327 g/mol. The number of rotatable bonds is 3. The topological polar surface area (TPSA) is 29.5 Å². The van der Waals surface area contributed by atoms with Crippen LogP contribution in [0.4, 0.5) is 0 Å². The standard InChI is InChI=1S/C14H15BrO2S/c1-8-6-9(2)18-14(8)13(16)11-5-4-10(15)7-12(11)17-3/h4-7,13,16H,1-3H3. The van der Waals surface area contributed by atoms with E-state index in [1.165, 1.54) is 4.88 Å². The molecule has 1 aromatic carbocycles. The minimum Gasteiger partial charge on any atom is -0.496 e. The molecule has 0 saturated heterocycles. The summed E-state index contributed by atoms with van der Waals surface area (Å²) in [7, 11) is 1.62. The van der Waals surface area contributed by atoms with E-state index in [0.29, 0.717) is 5.75 Å². The zero-order chi connectivity index (χ0) is 13.3. The molecule has 0 fully saturated rings. The summed E-state index contributed by atoms with van der Waals surface area (Å²) in [5.74, 6) is 0.697. The lowest BCUT2D eigenvalue weighted by Crippen LogP contribution is -2.01. The summed E-state index contributed by atoms with van der Waals surface area (Å²) < 4.78 is 6.27. The second kappa shape index (κ2) is 5.43. The number of hydrogen-bond acceptors (Lipinski definition) is 3. The van der Waals surface area contributed by atoms with E-state index in [2.05, 4.69) is 22.0 Å². The highest BCUT2D eigenvalue weighted by Gasteiger charge is 2.19. The van der Waals surface area contributed by atoms with E-state index in [4.69, 9.17) is 4.74 Å². The molecule has 2 aromatic rings. The molecular formula is C14H15BrO2S. The fourth-order valence-corrected chi connectivity index (χ4v) is 3.36. The van der Waals surface area contributed by atoms with Crippen molar-refractivity contribution in [3.63, 3.8) is 0 Å². The Morgan fingerprint density at radius 1 is 1.28 bits per heavy atom. The number of aliphatic hydroxyl groups is 1. The third-order valence-electron chi connectivity index (χ3n) is 2.82. The van der Waals surface area contributed by atoms with Crippen LogP contribution in [0.25, 0.3) is 0 Å². The van der Waals surface area contributed by atoms with Crippen LogP contribution in [0.5, 0.6) is 5.75 Å². The van der Waals surface area contributed by atoms with Gasteiger partial charge in [0.25, 0.3) is 0 Å². The van der Waals surface area contributed by atoms with Crippen molar-refractivity contribution in [2.45, 2.75) is 20.0 Å². The van der Waals surface area contributed by atoms with E-state index in [9.17, 15) is 5.11 Å². The summed E-state index contributed by atoms with van der Waals surface area (Å²) in [4.78, 5) is 2.19. The highest BCUT2D eigenvalue weighted by Crippen LogP contribution is 2.36. The largest absolute Gasteiger partial charge is 0.496 e. The Bertz CT molecular complexity index is 563. The number of benzene rings is 1. The molecule has 0 aliphatic rings. The Hall–Kier alpha value is -0.840. The summed E-state index contributed by atoms with van der Waals surface area (Å²) in [6.45, 7) is 4.07. The number of aryl methyl sites for hydroxylation is 2. The molecule has 1 atom stereocenters. The third kappa shape index (κ3) is 2.60. The van der Waals surface area contributed by atoms with Crippen LogP contribution in [-0.2, 0) is 0 Å². The minimum absolute atomic E-state index is 0.633. The lowest BCUT2D eigenvalue weighted by Gasteiger charge is -2.15. The molecule has 2 nitrogen and oxygen atoms in total. The summed E-state index contributed by atoms with van der Waals surface area (Å²) in [6, 6.07) is 7.77. The van der Waals surface area contributed by atoms with E-state index in [1.54, 1.807) is 18.4 Å². The molecule has 1 unspecified atom stereocenters. The fraction of sp³-hybridized carbons (Fsp3) is 0.286. The Balaban J connectivity index is 2.45. The summed E-state index contributed by atoms with van der Waals surface area (Å²) in [5.41, 5.74) is 1.92. The first-order chi connectivity index (χ1) is 8.52. The first-order valence-corrected chi connectivity index (χ1v) is 7.22. The molecule has 0 saturated carbocycles. The van der Waals surface area contributed by atoms with Crippen LogP contribution in [0, 0.1) is 13.8 Å². The molecule has 18 heavy (non-hydrogen) atoms. The van der Waals surface area contributed by atoms with Gasteiger partial charge in [-0.05, 0) is 37.6 Å². The molecule has 1 aromatic heterocycles. The molecule has 4 heteroatoms. The van der Waals surface area contributed by atoms with Crippen LogP contribution in [0.1, 0.15) is 27.0 Å². The van der Waals surface area contributed by atoms with Crippen molar-refractivity contribution >= 4 is 27.3 Å². The van der Waals surface area contributed by atoms with E-state index in [-0.39, 0.29) is 0 Å². The molecular weight excluding hydrogens is 312 g/mol. The van der Waals surface area contributed by atoms with Crippen molar-refractivity contribution in [3.05, 3.63) is 49.6 Å². The Labute approximate surface area is 119 Å².